The maximum atomic E-state index is 12.5. The summed E-state index contributed by atoms with van der Waals surface area (Å²) in [6, 6.07) is 13.5. The van der Waals surface area contributed by atoms with Crippen LogP contribution in [0, 0.1) is 0 Å². The lowest BCUT2D eigenvalue weighted by Crippen LogP contribution is -2.46. The number of carbonyl (C=O) groups is 1. The van der Waals surface area contributed by atoms with Crippen LogP contribution in [0.5, 0.6) is 0 Å². The van der Waals surface area contributed by atoms with E-state index in [-0.39, 0.29) is 12.3 Å². The molecule has 1 aromatic carbocycles. The quantitative estimate of drug-likeness (QED) is 0.902. The Bertz CT molecular complexity index is 672. The van der Waals surface area contributed by atoms with Crippen LogP contribution in [0.1, 0.15) is 30.9 Å². The largest absolute Gasteiger partial charge is 0.388 e. The molecule has 2 aromatic rings. The maximum absolute atomic E-state index is 12.5. The van der Waals surface area contributed by atoms with Gasteiger partial charge in [-0.3, -0.25) is 4.79 Å². The van der Waals surface area contributed by atoms with Gasteiger partial charge in [-0.2, -0.15) is 5.10 Å². The summed E-state index contributed by atoms with van der Waals surface area (Å²) in [7, 11) is 2.02. The number of nitrogens with zero attached hydrogens (tertiary/aromatic N) is 4. The summed E-state index contributed by atoms with van der Waals surface area (Å²) in [5, 5.41) is 18.3. The number of aromatic nitrogens is 2. The average Bonchev–Trinajstić information content (AvgIpc) is 2.69. The van der Waals surface area contributed by atoms with Crippen molar-refractivity contribution < 1.29 is 9.90 Å². The van der Waals surface area contributed by atoms with Crippen LogP contribution in [0.3, 0.4) is 0 Å². The van der Waals surface area contributed by atoms with Gasteiger partial charge in [-0.25, -0.2) is 0 Å². The number of hydrogen-bond acceptors (Lipinski definition) is 5. The molecule has 1 N–H and O–H groups in total. The Morgan fingerprint density at radius 2 is 1.96 bits per heavy atom. The van der Waals surface area contributed by atoms with E-state index in [1.807, 2.05) is 54.4 Å². The van der Waals surface area contributed by atoms with Gasteiger partial charge in [0.25, 0.3) is 0 Å². The van der Waals surface area contributed by atoms with Crippen molar-refractivity contribution in [2.75, 3.05) is 25.0 Å². The molecule has 6 heteroatoms. The van der Waals surface area contributed by atoms with Crippen molar-refractivity contribution >= 4 is 11.7 Å². The van der Waals surface area contributed by atoms with Gasteiger partial charge in [0.2, 0.25) is 5.91 Å². The summed E-state index contributed by atoms with van der Waals surface area (Å²) in [6.07, 6.45) is 2.83. The van der Waals surface area contributed by atoms with Crippen molar-refractivity contribution in [3.63, 3.8) is 0 Å². The topological polar surface area (TPSA) is 69.6 Å². The Morgan fingerprint density at radius 1 is 1.24 bits per heavy atom. The first-order chi connectivity index (χ1) is 12.1. The van der Waals surface area contributed by atoms with Gasteiger partial charge >= 0.3 is 0 Å². The second-order valence-electron chi connectivity index (χ2n) is 6.44. The Morgan fingerprint density at radius 3 is 2.60 bits per heavy atom. The molecule has 0 saturated carbocycles. The minimum absolute atomic E-state index is 0.0111. The summed E-state index contributed by atoms with van der Waals surface area (Å²) in [5.74, 6) is 0.865. The standard InChI is InChI=1S/C19H24N4O2/c1-22(18-8-5-11-20-21-18)16-9-12-23(13-10-16)19(25)14-17(24)15-6-3-2-4-7-15/h2-8,11,16-17,24H,9-10,12-14H2,1H3. The van der Waals surface area contributed by atoms with E-state index >= 15 is 0 Å². The fourth-order valence-electron chi connectivity index (χ4n) is 3.26. The number of carbonyl (C=O) groups excluding carboxylic acids is 1. The number of amides is 1. The summed E-state index contributed by atoms with van der Waals surface area (Å²) >= 11 is 0. The summed E-state index contributed by atoms with van der Waals surface area (Å²) in [5.41, 5.74) is 0.785. The van der Waals surface area contributed by atoms with E-state index < -0.39 is 6.10 Å². The molecule has 0 bridgehead atoms. The fraction of sp³-hybridized carbons (Fsp3) is 0.421. The highest BCUT2D eigenvalue weighted by atomic mass is 16.3. The van der Waals surface area contributed by atoms with Crippen molar-refractivity contribution in [3.05, 3.63) is 54.2 Å². The van der Waals surface area contributed by atoms with Crippen LogP contribution in [-0.4, -0.2) is 52.3 Å². The highest BCUT2D eigenvalue weighted by Crippen LogP contribution is 2.22. The van der Waals surface area contributed by atoms with Crippen LogP contribution < -0.4 is 4.90 Å². The summed E-state index contributed by atoms with van der Waals surface area (Å²) < 4.78 is 0. The SMILES string of the molecule is CN(c1cccnn1)C1CCN(C(=O)CC(O)c2ccccc2)CC1. The van der Waals surface area contributed by atoms with Crippen LogP contribution >= 0.6 is 0 Å². The Balaban J connectivity index is 1.51. The highest BCUT2D eigenvalue weighted by molar-refractivity contribution is 5.77. The number of rotatable bonds is 5. The molecule has 3 rings (SSSR count). The van der Waals surface area contributed by atoms with Crippen LogP contribution in [0.15, 0.2) is 48.7 Å². The van der Waals surface area contributed by atoms with Crippen LogP contribution in [0.2, 0.25) is 0 Å². The van der Waals surface area contributed by atoms with Crippen molar-refractivity contribution in [2.24, 2.45) is 0 Å². The molecule has 2 heterocycles. The van der Waals surface area contributed by atoms with Crippen LogP contribution in [0.25, 0.3) is 0 Å². The van der Waals surface area contributed by atoms with Gasteiger partial charge in [-0.05, 0) is 30.5 Å². The third kappa shape index (κ3) is 4.33. The molecule has 1 amide bonds. The predicted molar refractivity (Wildman–Crippen MR) is 96.1 cm³/mol. The molecule has 1 aromatic heterocycles. The number of hydrogen-bond donors (Lipinski definition) is 1. The Labute approximate surface area is 148 Å². The third-order valence-electron chi connectivity index (χ3n) is 4.84. The molecule has 1 unspecified atom stereocenters. The van der Waals surface area contributed by atoms with E-state index in [4.69, 9.17) is 0 Å². The van der Waals surface area contributed by atoms with Crippen molar-refractivity contribution in [1.29, 1.82) is 0 Å². The van der Waals surface area contributed by atoms with E-state index in [2.05, 4.69) is 15.1 Å². The molecular formula is C19H24N4O2. The summed E-state index contributed by atoms with van der Waals surface area (Å²) in [6.45, 7) is 1.41. The lowest BCUT2D eigenvalue weighted by atomic mass is 10.0. The third-order valence-corrected chi connectivity index (χ3v) is 4.84. The number of aliphatic hydroxyl groups excluding tert-OH is 1. The van der Waals surface area contributed by atoms with Gasteiger partial charge in [0.1, 0.15) is 0 Å². The van der Waals surface area contributed by atoms with Gasteiger partial charge in [0, 0.05) is 32.4 Å². The van der Waals surface area contributed by atoms with E-state index in [0.29, 0.717) is 19.1 Å². The first-order valence-electron chi connectivity index (χ1n) is 8.66. The van der Waals surface area contributed by atoms with Crippen molar-refractivity contribution in [3.8, 4) is 0 Å². The van der Waals surface area contributed by atoms with Crippen molar-refractivity contribution in [2.45, 2.75) is 31.4 Å². The number of likely N-dealkylation sites (tertiary alicyclic amines) is 1. The molecule has 0 radical (unpaired) electrons. The molecule has 1 fully saturated rings. The monoisotopic (exact) mass is 340 g/mol. The molecule has 1 aliphatic rings. The second-order valence-corrected chi connectivity index (χ2v) is 6.44. The molecule has 1 saturated heterocycles. The predicted octanol–water partition coefficient (Wildman–Crippen LogP) is 2.03. The smallest absolute Gasteiger partial charge is 0.225 e. The van der Waals surface area contributed by atoms with Crippen LogP contribution in [-0.2, 0) is 4.79 Å². The van der Waals surface area contributed by atoms with Gasteiger partial charge in [0.15, 0.2) is 5.82 Å². The van der Waals surface area contributed by atoms with E-state index in [9.17, 15) is 9.90 Å². The minimum atomic E-state index is -0.742. The highest BCUT2D eigenvalue weighted by Gasteiger charge is 2.27. The van der Waals surface area contributed by atoms with E-state index in [0.717, 1.165) is 24.2 Å². The minimum Gasteiger partial charge on any atom is -0.388 e. The van der Waals surface area contributed by atoms with Gasteiger partial charge in [-0.1, -0.05) is 30.3 Å². The van der Waals surface area contributed by atoms with E-state index in [1.54, 1.807) is 6.20 Å². The molecular weight excluding hydrogens is 316 g/mol. The van der Waals surface area contributed by atoms with E-state index in [1.165, 1.54) is 0 Å². The van der Waals surface area contributed by atoms with Gasteiger partial charge in [0.05, 0.1) is 12.5 Å². The average molecular weight is 340 g/mol. The van der Waals surface area contributed by atoms with Gasteiger partial charge in [-0.15, -0.1) is 5.10 Å². The second kappa shape index (κ2) is 8.07. The normalized spacial score (nSPS) is 16.5. The Kier molecular flexibility index (Phi) is 5.60. The zero-order valence-corrected chi connectivity index (χ0v) is 14.5. The fourth-order valence-corrected chi connectivity index (χ4v) is 3.26. The lowest BCUT2D eigenvalue weighted by Gasteiger charge is -2.37. The maximum Gasteiger partial charge on any atom is 0.225 e. The zero-order chi connectivity index (χ0) is 17.6. The molecule has 1 aliphatic heterocycles. The molecule has 0 spiro atoms. The molecule has 1 atom stereocenters. The number of anilines is 1. The van der Waals surface area contributed by atoms with Crippen molar-refractivity contribution in [1.82, 2.24) is 15.1 Å². The van der Waals surface area contributed by atoms with Crippen LogP contribution in [0.4, 0.5) is 5.82 Å². The molecule has 25 heavy (non-hydrogen) atoms. The number of benzene rings is 1. The van der Waals surface area contributed by atoms with Gasteiger partial charge < -0.3 is 14.9 Å². The Hall–Kier alpha value is -2.47. The number of aliphatic hydroxyl groups is 1. The molecule has 132 valence electrons. The number of piperidine rings is 1. The summed E-state index contributed by atoms with van der Waals surface area (Å²) in [4.78, 5) is 16.4. The molecule has 0 aliphatic carbocycles. The molecule has 6 nitrogen and oxygen atoms in total. The first-order valence-corrected chi connectivity index (χ1v) is 8.66. The zero-order valence-electron chi connectivity index (χ0n) is 14.5. The first kappa shape index (κ1) is 17.4. The lowest BCUT2D eigenvalue weighted by molar-refractivity contribution is -0.134.